The molecular formula is C16H20N2O2S2. The average molecular weight is 336 g/mol. The van der Waals surface area contributed by atoms with Crippen molar-refractivity contribution in [3.05, 3.63) is 21.4 Å². The molecule has 0 unspecified atom stereocenters. The molecule has 0 atom stereocenters. The van der Waals surface area contributed by atoms with E-state index in [-0.39, 0.29) is 11.4 Å². The number of hydrogen-bond donors (Lipinski definition) is 0. The van der Waals surface area contributed by atoms with Gasteiger partial charge >= 0.3 is 5.97 Å². The van der Waals surface area contributed by atoms with Crippen molar-refractivity contribution in [2.45, 2.75) is 37.6 Å². The third-order valence-electron chi connectivity index (χ3n) is 4.11. The fraction of sp³-hybridized carbons (Fsp3) is 0.500. The standard InChI is InChI=1S/C16H20N2O2S2/c1-6-20-15(19)13-9-7-16(2,3)11-12(10(9)8-22-13)18(4)17-14(11)21-5/h8H,6-7H2,1-5H3. The number of aryl methyl sites for hydroxylation is 1. The smallest absolute Gasteiger partial charge is 0.348 e. The highest BCUT2D eigenvalue weighted by Gasteiger charge is 2.39. The monoisotopic (exact) mass is 336 g/mol. The van der Waals surface area contributed by atoms with E-state index in [1.54, 1.807) is 11.8 Å². The zero-order chi connectivity index (χ0) is 16.1. The summed E-state index contributed by atoms with van der Waals surface area (Å²) in [7, 11) is 1.98. The van der Waals surface area contributed by atoms with Crippen LogP contribution in [0, 0.1) is 0 Å². The molecule has 4 nitrogen and oxygen atoms in total. The molecule has 0 N–H and O–H groups in total. The lowest BCUT2D eigenvalue weighted by atomic mass is 9.73. The number of aromatic nitrogens is 2. The third kappa shape index (κ3) is 2.20. The Morgan fingerprint density at radius 3 is 2.91 bits per heavy atom. The number of hydrogen-bond acceptors (Lipinski definition) is 5. The molecule has 0 aromatic carbocycles. The molecule has 6 heteroatoms. The topological polar surface area (TPSA) is 44.1 Å². The molecule has 0 spiro atoms. The Kier molecular flexibility index (Phi) is 3.85. The molecule has 0 amide bonds. The van der Waals surface area contributed by atoms with E-state index in [9.17, 15) is 4.79 Å². The molecule has 1 aliphatic carbocycles. The van der Waals surface area contributed by atoms with Gasteiger partial charge in [-0.15, -0.1) is 23.1 Å². The van der Waals surface area contributed by atoms with E-state index in [0.717, 1.165) is 33.1 Å². The minimum atomic E-state index is -0.208. The van der Waals surface area contributed by atoms with E-state index < -0.39 is 0 Å². The SMILES string of the molecule is CCOC(=O)c1scc2c1CC(C)(C)c1c(SC)nn(C)c1-2. The predicted octanol–water partition coefficient (Wildman–Crippen LogP) is 3.88. The van der Waals surface area contributed by atoms with Gasteiger partial charge in [0, 0.05) is 23.6 Å². The van der Waals surface area contributed by atoms with E-state index in [0.29, 0.717) is 6.61 Å². The van der Waals surface area contributed by atoms with Crippen LogP contribution in [-0.4, -0.2) is 28.6 Å². The molecule has 0 saturated heterocycles. The molecule has 1 aliphatic rings. The van der Waals surface area contributed by atoms with Gasteiger partial charge in [-0.05, 0) is 30.6 Å². The van der Waals surface area contributed by atoms with Crippen LogP contribution < -0.4 is 0 Å². The van der Waals surface area contributed by atoms with E-state index in [1.165, 1.54) is 16.9 Å². The van der Waals surface area contributed by atoms with E-state index >= 15 is 0 Å². The van der Waals surface area contributed by atoms with Gasteiger partial charge in [-0.2, -0.15) is 5.10 Å². The van der Waals surface area contributed by atoms with Crippen LogP contribution in [0.25, 0.3) is 11.3 Å². The van der Waals surface area contributed by atoms with Crippen molar-refractivity contribution in [2.24, 2.45) is 7.05 Å². The molecule has 0 bridgehead atoms. The van der Waals surface area contributed by atoms with E-state index in [4.69, 9.17) is 4.74 Å². The van der Waals surface area contributed by atoms with Crippen LogP contribution in [0.2, 0.25) is 0 Å². The van der Waals surface area contributed by atoms with Crippen LogP contribution in [0.4, 0.5) is 0 Å². The molecule has 0 fully saturated rings. The summed E-state index contributed by atoms with van der Waals surface area (Å²) in [6.45, 7) is 6.69. The Morgan fingerprint density at radius 2 is 2.27 bits per heavy atom. The highest BCUT2D eigenvalue weighted by Crippen LogP contribution is 2.49. The van der Waals surface area contributed by atoms with Gasteiger partial charge < -0.3 is 4.74 Å². The summed E-state index contributed by atoms with van der Waals surface area (Å²) in [6, 6.07) is 0. The third-order valence-corrected chi connectivity index (χ3v) is 5.79. The van der Waals surface area contributed by atoms with E-state index in [2.05, 4.69) is 30.6 Å². The molecule has 0 aliphatic heterocycles. The fourth-order valence-corrected chi connectivity index (χ4v) is 4.97. The normalized spacial score (nSPS) is 15.3. The van der Waals surface area contributed by atoms with Crippen molar-refractivity contribution in [3.63, 3.8) is 0 Å². The molecule has 2 aromatic rings. The first-order valence-electron chi connectivity index (χ1n) is 7.30. The van der Waals surface area contributed by atoms with Gasteiger partial charge in [0.25, 0.3) is 0 Å². The van der Waals surface area contributed by atoms with Gasteiger partial charge in [0.2, 0.25) is 0 Å². The molecule has 2 aromatic heterocycles. The summed E-state index contributed by atoms with van der Waals surface area (Å²) < 4.78 is 7.16. The number of rotatable bonds is 3. The highest BCUT2D eigenvalue weighted by atomic mass is 32.2. The van der Waals surface area contributed by atoms with Crippen molar-refractivity contribution < 1.29 is 9.53 Å². The number of esters is 1. The van der Waals surface area contributed by atoms with Gasteiger partial charge in [0.15, 0.2) is 0 Å². The lowest BCUT2D eigenvalue weighted by Crippen LogP contribution is -2.26. The zero-order valence-corrected chi connectivity index (χ0v) is 15.2. The Labute approximate surface area is 138 Å². The summed E-state index contributed by atoms with van der Waals surface area (Å²) in [5, 5.41) is 7.82. The van der Waals surface area contributed by atoms with Gasteiger partial charge in [0.1, 0.15) is 9.90 Å². The number of thioether (sulfide) groups is 1. The van der Waals surface area contributed by atoms with Crippen molar-refractivity contribution in [3.8, 4) is 11.3 Å². The second-order valence-electron chi connectivity index (χ2n) is 6.09. The minimum absolute atomic E-state index is 0.0444. The van der Waals surface area contributed by atoms with Gasteiger partial charge in [-0.1, -0.05) is 13.8 Å². The molecule has 22 heavy (non-hydrogen) atoms. The fourth-order valence-electron chi connectivity index (χ4n) is 3.22. The first-order chi connectivity index (χ1) is 10.4. The predicted molar refractivity (Wildman–Crippen MR) is 91.0 cm³/mol. The summed E-state index contributed by atoms with van der Waals surface area (Å²) >= 11 is 3.16. The van der Waals surface area contributed by atoms with Gasteiger partial charge in [-0.3, -0.25) is 4.68 Å². The number of carbonyl (C=O) groups excluding carboxylic acids is 1. The van der Waals surface area contributed by atoms with Crippen LogP contribution in [0.15, 0.2) is 10.4 Å². The van der Waals surface area contributed by atoms with Crippen molar-refractivity contribution in [1.82, 2.24) is 9.78 Å². The first kappa shape index (κ1) is 15.6. The summed E-state index contributed by atoms with van der Waals surface area (Å²) in [5.41, 5.74) is 4.64. The maximum atomic E-state index is 12.2. The number of thiophene rings is 1. The second-order valence-corrected chi connectivity index (χ2v) is 7.77. The molecule has 0 saturated carbocycles. The maximum absolute atomic E-state index is 12.2. The quantitative estimate of drug-likeness (QED) is 0.630. The number of fused-ring (bicyclic) bond motifs is 3. The Hall–Kier alpha value is -1.27. The zero-order valence-electron chi connectivity index (χ0n) is 13.5. The van der Waals surface area contributed by atoms with Crippen LogP contribution in [0.5, 0.6) is 0 Å². The minimum Gasteiger partial charge on any atom is -0.462 e. The number of ether oxygens (including phenoxy) is 1. The molecule has 3 rings (SSSR count). The van der Waals surface area contributed by atoms with Crippen LogP contribution >= 0.6 is 23.1 Å². The molecular weight excluding hydrogens is 316 g/mol. The number of nitrogens with zero attached hydrogens (tertiary/aromatic N) is 2. The van der Waals surface area contributed by atoms with E-state index in [1.807, 2.05) is 18.7 Å². The number of carbonyl (C=O) groups is 1. The van der Waals surface area contributed by atoms with Crippen molar-refractivity contribution >= 4 is 29.1 Å². The van der Waals surface area contributed by atoms with Crippen molar-refractivity contribution in [1.29, 1.82) is 0 Å². The van der Waals surface area contributed by atoms with Crippen molar-refractivity contribution in [2.75, 3.05) is 12.9 Å². The van der Waals surface area contributed by atoms with Crippen LogP contribution in [0.1, 0.15) is 41.6 Å². The maximum Gasteiger partial charge on any atom is 0.348 e. The molecule has 118 valence electrons. The first-order valence-corrected chi connectivity index (χ1v) is 9.40. The molecule has 0 radical (unpaired) electrons. The summed E-state index contributed by atoms with van der Waals surface area (Å²) in [6.07, 6.45) is 2.90. The Bertz CT molecular complexity index is 744. The summed E-state index contributed by atoms with van der Waals surface area (Å²) in [5.74, 6) is -0.208. The lowest BCUT2D eigenvalue weighted by Gasteiger charge is -2.31. The summed E-state index contributed by atoms with van der Waals surface area (Å²) in [4.78, 5) is 12.9. The van der Waals surface area contributed by atoms with Gasteiger partial charge in [-0.25, -0.2) is 4.79 Å². The van der Waals surface area contributed by atoms with Crippen LogP contribution in [-0.2, 0) is 23.6 Å². The highest BCUT2D eigenvalue weighted by molar-refractivity contribution is 7.98. The lowest BCUT2D eigenvalue weighted by molar-refractivity contribution is 0.0530. The average Bonchev–Trinajstić information content (AvgIpc) is 3.00. The van der Waals surface area contributed by atoms with Gasteiger partial charge in [0.05, 0.1) is 12.3 Å². The Morgan fingerprint density at radius 1 is 1.55 bits per heavy atom. The second kappa shape index (κ2) is 5.42. The Balaban J connectivity index is 2.22. The largest absolute Gasteiger partial charge is 0.462 e. The van der Waals surface area contributed by atoms with Crippen LogP contribution in [0.3, 0.4) is 0 Å². The molecule has 2 heterocycles.